The summed E-state index contributed by atoms with van der Waals surface area (Å²) in [6.45, 7) is 2.19. The molecule has 6 nitrogen and oxygen atoms in total. The van der Waals surface area contributed by atoms with Gasteiger partial charge >= 0.3 is 12.1 Å². The number of carbonyl (C=O) groups excluding carboxylic acids is 1. The largest absolute Gasteiger partial charge is 0.479 e. The van der Waals surface area contributed by atoms with E-state index in [9.17, 15) is 19.5 Å². The van der Waals surface area contributed by atoms with Crippen LogP contribution in [0, 0.1) is 0 Å². The second-order valence-electron chi connectivity index (χ2n) is 3.88. The summed E-state index contributed by atoms with van der Waals surface area (Å²) in [5, 5.41) is 18.3. The number of amides is 2. The quantitative estimate of drug-likeness (QED) is 0.849. The molecule has 1 unspecified atom stereocenters. The number of benzene rings is 1. The predicted molar refractivity (Wildman–Crippen MR) is 62.0 cm³/mol. The first-order chi connectivity index (χ1) is 8.31. The Balaban J connectivity index is 3.45. The molecule has 6 heteroatoms. The van der Waals surface area contributed by atoms with Gasteiger partial charge in [-0.2, -0.15) is 0 Å². The summed E-state index contributed by atoms with van der Waals surface area (Å²) >= 11 is 0. The van der Waals surface area contributed by atoms with Gasteiger partial charge in [0.1, 0.15) is 0 Å². The molecule has 0 bridgehead atoms. The third-order valence-electron chi connectivity index (χ3n) is 2.71. The summed E-state index contributed by atoms with van der Waals surface area (Å²) in [6.07, 6.45) is -1.60. The Morgan fingerprint density at radius 2 is 1.61 bits per heavy atom. The topological polar surface area (TPSA) is 94.9 Å². The Bertz CT molecular complexity index is 471. The van der Waals surface area contributed by atoms with Gasteiger partial charge in [0, 0.05) is 6.92 Å². The van der Waals surface area contributed by atoms with Crippen molar-refractivity contribution in [1.82, 2.24) is 4.90 Å². The van der Waals surface area contributed by atoms with E-state index in [2.05, 4.69) is 0 Å². The van der Waals surface area contributed by atoms with Crippen LogP contribution in [0.15, 0.2) is 30.3 Å². The van der Waals surface area contributed by atoms with E-state index < -0.39 is 23.5 Å². The summed E-state index contributed by atoms with van der Waals surface area (Å²) < 4.78 is 0. The minimum atomic E-state index is -1.95. The van der Waals surface area contributed by atoms with Gasteiger partial charge in [0.15, 0.2) is 5.54 Å². The van der Waals surface area contributed by atoms with E-state index in [4.69, 9.17) is 5.11 Å². The van der Waals surface area contributed by atoms with Crippen molar-refractivity contribution in [2.24, 2.45) is 0 Å². The number of carboxylic acid groups (broad SMARTS) is 2. The van der Waals surface area contributed by atoms with E-state index >= 15 is 0 Å². The van der Waals surface area contributed by atoms with Crippen molar-refractivity contribution in [2.75, 3.05) is 0 Å². The van der Waals surface area contributed by atoms with Crippen LogP contribution in [0.4, 0.5) is 4.79 Å². The molecule has 1 rings (SSSR count). The Kier molecular flexibility index (Phi) is 3.70. The van der Waals surface area contributed by atoms with E-state index in [0.717, 1.165) is 6.92 Å². The van der Waals surface area contributed by atoms with Crippen LogP contribution in [-0.2, 0) is 15.1 Å². The van der Waals surface area contributed by atoms with E-state index in [1.54, 1.807) is 18.2 Å². The van der Waals surface area contributed by atoms with E-state index in [1.807, 2.05) is 0 Å². The number of imide groups is 1. The zero-order valence-corrected chi connectivity index (χ0v) is 9.95. The lowest BCUT2D eigenvalue weighted by Crippen LogP contribution is -2.54. The van der Waals surface area contributed by atoms with Crippen LogP contribution < -0.4 is 0 Å². The lowest BCUT2D eigenvalue weighted by Gasteiger charge is -2.33. The van der Waals surface area contributed by atoms with Crippen LogP contribution in [0.3, 0.4) is 0 Å². The molecule has 0 spiro atoms. The van der Waals surface area contributed by atoms with Gasteiger partial charge in [-0.15, -0.1) is 0 Å². The number of aliphatic carboxylic acids is 1. The molecule has 2 N–H and O–H groups in total. The summed E-state index contributed by atoms with van der Waals surface area (Å²) in [5.41, 5.74) is -1.73. The predicted octanol–water partition coefficient (Wildman–Crippen LogP) is 1.51. The number of rotatable bonds is 3. The Morgan fingerprint density at radius 1 is 1.11 bits per heavy atom. The molecule has 0 saturated heterocycles. The summed E-state index contributed by atoms with van der Waals surface area (Å²) in [7, 11) is 0. The molecule has 96 valence electrons. The van der Waals surface area contributed by atoms with Crippen LogP contribution in [0.5, 0.6) is 0 Å². The minimum Gasteiger partial charge on any atom is -0.479 e. The molecule has 0 aliphatic rings. The maximum Gasteiger partial charge on any atom is 0.415 e. The standard InChI is InChI=1S/C12H13NO5/c1-8(14)13(11(17)18)12(2,10(15)16)9-6-4-3-5-7-9/h3-7H,1-2H3,(H,15,16)(H,17,18). The molecule has 0 fully saturated rings. The van der Waals surface area contributed by atoms with Crippen molar-refractivity contribution in [3.8, 4) is 0 Å². The van der Waals surface area contributed by atoms with Crippen LogP contribution >= 0.6 is 0 Å². The van der Waals surface area contributed by atoms with E-state index in [-0.39, 0.29) is 5.56 Å². The number of nitrogens with zero attached hydrogens (tertiary/aromatic N) is 1. The van der Waals surface area contributed by atoms with Gasteiger partial charge in [0.2, 0.25) is 5.91 Å². The van der Waals surface area contributed by atoms with Gasteiger partial charge in [-0.05, 0) is 12.5 Å². The second kappa shape index (κ2) is 4.87. The van der Waals surface area contributed by atoms with Gasteiger partial charge in [-0.1, -0.05) is 30.3 Å². The highest BCUT2D eigenvalue weighted by Gasteiger charge is 2.46. The molecular formula is C12H13NO5. The molecular weight excluding hydrogens is 238 g/mol. The Hall–Kier alpha value is -2.37. The summed E-state index contributed by atoms with van der Waals surface area (Å²) in [4.78, 5) is 34.2. The average molecular weight is 251 g/mol. The van der Waals surface area contributed by atoms with Gasteiger partial charge < -0.3 is 10.2 Å². The lowest BCUT2D eigenvalue weighted by molar-refractivity contribution is -0.155. The normalized spacial score (nSPS) is 13.4. The smallest absolute Gasteiger partial charge is 0.415 e. The fourth-order valence-electron chi connectivity index (χ4n) is 1.75. The third-order valence-corrected chi connectivity index (χ3v) is 2.71. The molecule has 0 saturated carbocycles. The van der Waals surface area contributed by atoms with Crippen molar-refractivity contribution in [3.05, 3.63) is 35.9 Å². The zero-order valence-electron chi connectivity index (χ0n) is 9.95. The molecule has 0 aliphatic heterocycles. The zero-order chi connectivity index (χ0) is 13.9. The molecule has 0 radical (unpaired) electrons. The maximum absolute atomic E-state index is 11.4. The summed E-state index contributed by atoms with van der Waals surface area (Å²) in [6, 6.07) is 7.76. The molecule has 0 aliphatic carbocycles. The van der Waals surface area contributed by atoms with Crippen molar-refractivity contribution in [1.29, 1.82) is 0 Å². The SMILES string of the molecule is CC(=O)N(C(=O)O)C(C)(C(=O)O)c1ccccc1. The van der Waals surface area contributed by atoms with Crippen LogP contribution in [0.25, 0.3) is 0 Å². The number of hydrogen-bond acceptors (Lipinski definition) is 3. The molecule has 1 atom stereocenters. The highest BCUT2D eigenvalue weighted by molar-refractivity contribution is 5.97. The molecule has 18 heavy (non-hydrogen) atoms. The third kappa shape index (κ3) is 2.17. The first-order valence-electron chi connectivity index (χ1n) is 5.14. The number of hydrogen-bond donors (Lipinski definition) is 2. The van der Waals surface area contributed by atoms with Gasteiger partial charge in [0.25, 0.3) is 0 Å². The van der Waals surface area contributed by atoms with Crippen LogP contribution in [-0.4, -0.2) is 33.1 Å². The fourth-order valence-corrected chi connectivity index (χ4v) is 1.75. The average Bonchev–Trinajstić information content (AvgIpc) is 2.28. The van der Waals surface area contributed by atoms with Gasteiger partial charge in [0.05, 0.1) is 0 Å². The lowest BCUT2D eigenvalue weighted by atomic mass is 9.90. The Labute approximate surface area is 103 Å². The van der Waals surface area contributed by atoms with Crippen molar-refractivity contribution in [2.45, 2.75) is 19.4 Å². The molecule has 1 aromatic rings. The van der Waals surface area contributed by atoms with Crippen LogP contribution in [0.1, 0.15) is 19.4 Å². The fraction of sp³-hybridized carbons (Fsp3) is 0.250. The van der Waals surface area contributed by atoms with Crippen molar-refractivity contribution < 1.29 is 24.6 Å². The van der Waals surface area contributed by atoms with E-state index in [0.29, 0.717) is 4.90 Å². The van der Waals surface area contributed by atoms with Crippen molar-refractivity contribution >= 4 is 18.0 Å². The number of carboxylic acids is 1. The highest BCUT2D eigenvalue weighted by atomic mass is 16.4. The highest BCUT2D eigenvalue weighted by Crippen LogP contribution is 2.29. The monoisotopic (exact) mass is 251 g/mol. The molecule has 0 heterocycles. The minimum absolute atomic E-state index is 0.218. The first kappa shape index (κ1) is 13.7. The molecule has 1 aromatic carbocycles. The van der Waals surface area contributed by atoms with Gasteiger partial charge in [-0.3, -0.25) is 4.79 Å². The maximum atomic E-state index is 11.4. The second-order valence-corrected chi connectivity index (χ2v) is 3.88. The first-order valence-corrected chi connectivity index (χ1v) is 5.14. The summed E-state index contributed by atoms with van der Waals surface area (Å²) in [5.74, 6) is -2.26. The number of carbonyl (C=O) groups is 3. The van der Waals surface area contributed by atoms with Crippen LogP contribution in [0.2, 0.25) is 0 Å². The van der Waals surface area contributed by atoms with E-state index in [1.165, 1.54) is 19.1 Å². The molecule has 0 aromatic heterocycles. The van der Waals surface area contributed by atoms with Gasteiger partial charge in [-0.25, -0.2) is 14.5 Å². The Morgan fingerprint density at radius 3 is 1.94 bits per heavy atom. The molecule has 2 amide bonds. The van der Waals surface area contributed by atoms with Crippen molar-refractivity contribution in [3.63, 3.8) is 0 Å².